The summed E-state index contributed by atoms with van der Waals surface area (Å²) in [6.45, 7) is 0.826. The molecule has 1 rings (SSSR count). The highest BCUT2D eigenvalue weighted by molar-refractivity contribution is 7.98. The number of aliphatic hydroxyl groups is 1. The van der Waals surface area contributed by atoms with E-state index in [1.807, 2.05) is 11.9 Å². The van der Waals surface area contributed by atoms with Crippen LogP contribution in [0.25, 0.3) is 0 Å². The minimum absolute atomic E-state index is 0.0696. The van der Waals surface area contributed by atoms with Crippen molar-refractivity contribution in [2.75, 3.05) is 30.5 Å². The number of aromatic nitrogens is 1. The Kier molecular flexibility index (Phi) is 4.11. The van der Waals surface area contributed by atoms with Gasteiger partial charge in [-0.2, -0.15) is 16.7 Å². The lowest BCUT2D eigenvalue weighted by Gasteiger charge is -2.12. The van der Waals surface area contributed by atoms with Gasteiger partial charge in [-0.25, -0.2) is 0 Å². The van der Waals surface area contributed by atoms with Crippen LogP contribution in [-0.4, -0.2) is 35.7 Å². The fourth-order valence-electron chi connectivity index (χ4n) is 0.868. The van der Waals surface area contributed by atoms with Crippen molar-refractivity contribution >= 4 is 17.8 Å². The summed E-state index contributed by atoms with van der Waals surface area (Å²) in [6.07, 6.45) is 3.54. The predicted molar refractivity (Wildman–Crippen MR) is 54.1 cm³/mol. The van der Waals surface area contributed by atoms with E-state index >= 15 is 0 Å². The van der Waals surface area contributed by atoms with Crippen LogP contribution in [0, 0.1) is 0 Å². The summed E-state index contributed by atoms with van der Waals surface area (Å²) in [7, 11) is 1.92. The zero-order valence-electron chi connectivity index (χ0n) is 7.86. The van der Waals surface area contributed by atoms with Crippen molar-refractivity contribution in [3.63, 3.8) is 0 Å². The van der Waals surface area contributed by atoms with E-state index < -0.39 is 0 Å². The second-order valence-electron chi connectivity index (χ2n) is 2.69. The maximum atomic E-state index is 8.76. The lowest BCUT2D eigenvalue weighted by molar-refractivity contribution is 0.276. The number of rotatable bonds is 5. The van der Waals surface area contributed by atoms with Gasteiger partial charge in [0.15, 0.2) is 0 Å². The van der Waals surface area contributed by atoms with Gasteiger partial charge in [0.1, 0.15) is 12.0 Å². The Balaban J connectivity index is 2.50. The van der Waals surface area contributed by atoms with Gasteiger partial charge >= 0.3 is 0 Å². The van der Waals surface area contributed by atoms with Gasteiger partial charge in [0.05, 0.1) is 6.61 Å². The molecule has 1 aromatic heterocycles. The molecule has 0 aliphatic heterocycles. The normalized spacial score (nSPS) is 10.4. The van der Waals surface area contributed by atoms with E-state index in [0.29, 0.717) is 11.7 Å². The minimum atomic E-state index is -0.0696. The van der Waals surface area contributed by atoms with Crippen molar-refractivity contribution in [3.05, 3.63) is 12.0 Å². The first-order valence-corrected chi connectivity index (χ1v) is 5.42. The molecule has 0 atom stereocenters. The number of hydrogen-bond acceptors (Lipinski definition) is 5. The zero-order valence-corrected chi connectivity index (χ0v) is 8.67. The summed E-state index contributed by atoms with van der Waals surface area (Å²) < 4.78 is 5.16. The molecule has 0 saturated carbocycles. The first kappa shape index (κ1) is 10.4. The molecule has 0 saturated heterocycles. The van der Waals surface area contributed by atoms with Crippen LogP contribution in [0.1, 0.15) is 5.69 Å². The van der Waals surface area contributed by atoms with Crippen LogP contribution in [0.2, 0.25) is 0 Å². The first-order chi connectivity index (χ1) is 6.27. The van der Waals surface area contributed by atoms with E-state index in [9.17, 15) is 0 Å². The van der Waals surface area contributed by atoms with Gasteiger partial charge in [-0.3, -0.25) is 0 Å². The molecule has 0 fully saturated rings. The standard InChI is InChI=1S/C8H14N2O2S/c1-10(3-4-13-2)8-9-7(5-11)6-12-8/h6,11H,3-5H2,1-2H3. The monoisotopic (exact) mass is 202 g/mol. The number of anilines is 1. The molecule has 5 heteroatoms. The van der Waals surface area contributed by atoms with E-state index in [1.165, 1.54) is 6.26 Å². The van der Waals surface area contributed by atoms with Gasteiger partial charge in [0.2, 0.25) is 0 Å². The zero-order chi connectivity index (χ0) is 9.68. The molecule has 1 heterocycles. The van der Waals surface area contributed by atoms with Crippen molar-refractivity contribution in [2.45, 2.75) is 6.61 Å². The summed E-state index contributed by atoms with van der Waals surface area (Å²) in [5.41, 5.74) is 0.575. The lowest BCUT2D eigenvalue weighted by atomic mass is 10.5. The number of hydrogen-bond donors (Lipinski definition) is 1. The van der Waals surface area contributed by atoms with Crippen LogP contribution >= 0.6 is 11.8 Å². The molecule has 0 amide bonds. The number of nitrogens with zero attached hydrogens (tertiary/aromatic N) is 2. The number of aliphatic hydroxyl groups excluding tert-OH is 1. The smallest absolute Gasteiger partial charge is 0.297 e. The Morgan fingerprint density at radius 2 is 2.46 bits per heavy atom. The topological polar surface area (TPSA) is 49.5 Å². The molecule has 0 aromatic carbocycles. The second kappa shape index (κ2) is 5.14. The third-order valence-electron chi connectivity index (χ3n) is 1.66. The Hall–Kier alpha value is -0.680. The van der Waals surface area contributed by atoms with Crippen LogP contribution in [0.4, 0.5) is 6.01 Å². The van der Waals surface area contributed by atoms with E-state index in [-0.39, 0.29) is 6.61 Å². The molecule has 4 nitrogen and oxygen atoms in total. The van der Waals surface area contributed by atoms with Gasteiger partial charge in [-0.05, 0) is 6.26 Å². The minimum Gasteiger partial charge on any atom is -0.432 e. The molecule has 74 valence electrons. The molecular weight excluding hydrogens is 188 g/mol. The Morgan fingerprint density at radius 3 is 3.00 bits per heavy atom. The highest BCUT2D eigenvalue weighted by Gasteiger charge is 2.07. The van der Waals surface area contributed by atoms with Gasteiger partial charge in [-0.15, -0.1) is 0 Å². The average molecular weight is 202 g/mol. The molecule has 0 unspecified atom stereocenters. The summed E-state index contributed by atoms with van der Waals surface area (Å²) in [5, 5.41) is 8.76. The Bertz CT molecular complexity index is 252. The lowest BCUT2D eigenvalue weighted by Crippen LogP contribution is -2.20. The fourth-order valence-corrected chi connectivity index (χ4v) is 1.32. The van der Waals surface area contributed by atoms with E-state index in [4.69, 9.17) is 9.52 Å². The summed E-state index contributed by atoms with van der Waals surface area (Å²) in [5.74, 6) is 1.04. The Morgan fingerprint density at radius 1 is 1.69 bits per heavy atom. The first-order valence-electron chi connectivity index (χ1n) is 4.03. The largest absolute Gasteiger partial charge is 0.432 e. The van der Waals surface area contributed by atoms with Crippen molar-refractivity contribution in [1.29, 1.82) is 0 Å². The van der Waals surface area contributed by atoms with Gasteiger partial charge in [-0.1, -0.05) is 0 Å². The highest BCUT2D eigenvalue weighted by atomic mass is 32.2. The third-order valence-corrected chi connectivity index (χ3v) is 2.25. The molecule has 0 radical (unpaired) electrons. The van der Waals surface area contributed by atoms with Crippen LogP contribution in [0.3, 0.4) is 0 Å². The third kappa shape index (κ3) is 2.93. The van der Waals surface area contributed by atoms with Crippen LogP contribution in [-0.2, 0) is 6.61 Å². The van der Waals surface area contributed by atoms with Crippen LogP contribution in [0.15, 0.2) is 10.7 Å². The molecule has 0 aliphatic carbocycles. The predicted octanol–water partition coefficient (Wildman–Crippen LogP) is 0.966. The fraction of sp³-hybridized carbons (Fsp3) is 0.625. The van der Waals surface area contributed by atoms with Crippen molar-refractivity contribution in [3.8, 4) is 0 Å². The van der Waals surface area contributed by atoms with Gasteiger partial charge < -0.3 is 14.4 Å². The molecule has 0 bridgehead atoms. The molecular formula is C8H14N2O2S. The summed E-state index contributed by atoms with van der Waals surface area (Å²) >= 11 is 1.78. The maximum Gasteiger partial charge on any atom is 0.297 e. The number of oxazole rings is 1. The van der Waals surface area contributed by atoms with E-state index in [2.05, 4.69) is 11.2 Å². The summed E-state index contributed by atoms with van der Waals surface area (Å²) in [6, 6.07) is 0.568. The van der Waals surface area contributed by atoms with Crippen LogP contribution < -0.4 is 4.90 Å². The second-order valence-corrected chi connectivity index (χ2v) is 3.68. The highest BCUT2D eigenvalue weighted by Crippen LogP contribution is 2.11. The average Bonchev–Trinajstić information content (AvgIpc) is 2.62. The van der Waals surface area contributed by atoms with E-state index in [0.717, 1.165) is 12.3 Å². The van der Waals surface area contributed by atoms with Crippen molar-refractivity contribution in [1.82, 2.24) is 4.98 Å². The quantitative estimate of drug-likeness (QED) is 0.771. The Labute approximate surface area is 81.9 Å². The van der Waals surface area contributed by atoms with Crippen molar-refractivity contribution < 1.29 is 9.52 Å². The van der Waals surface area contributed by atoms with Gasteiger partial charge in [0.25, 0.3) is 6.01 Å². The van der Waals surface area contributed by atoms with E-state index in [1.54, 1.807) is 11.8 Å². The maximum absolute atomic E-state index is 8.76. The van der Waals surface area contributed by atoms with Crippen LogP contribution in [0.5, 0.6) is 0 Å². The summed E-state index contributed by atoms with van der Waals surface area (Å²) in [4.78, 5) is 6.01. The molecule has 0 aliphatic rings. The molecule has 1 N–H and O–H groups in total. The molecule has 0 spiro atoms. The van der Waals surface area contributed by atoms with Crippen molar-refractivity contribution in [2.24, 2.45) is 0 Å². The molecule has 1 aromatic rings. The SMILES string of the molecule is CSCCN(C)c1nc(CO)co1. The van der Waals surface area contributed by atoms with Gasteiger partial charge in [0, 0.05) is 19.3 Å². The molecule has 13 heavy (non-hydrogen) atoms. The number of thioether (sulfide) groups is 1.